The zero-order chi connectivity index (χ0) is 18.4. The average Bonchev–Trinajstić information content (AvgIpc) is 3.34. The smallest absolute Gasteiger partial charge is 0.263 e. The summed E-state index contributed by atoms with van der Waals surface area (Å²) in [5, 5.41) is 14.6. The summed E-state index contributed by atoms with van der Waals surface area (Å²) in [6.07, 6.45) is 5.76. The second-order valence-corrected chi connectivity index (χ2v) is 8.50. The van der Waals surface area contributed by atoms with Gasteiger partial charge in [-0.05, 0) is 30.7 Å². The van der Waals surface area contributed by atoms with Crippen molar-refractivity contribution in [3.63, 3.8) is 0 Å². The topological polar surface area (TPSA) is 75.2 Å². The van der Waals surface area contributed by atoms with Crippen LogP contribution in [0.3, 0.4) is 0 Å². The molecule has 0 aromatic carbocycles. The molecule has 0 saturated carbocycles. The van der Waals surface area contributed by atoms with Crippen molar-refractivity contribution in [1.29, 1.82) is 0 Å². The number of nitrogens with one attached hydrogen (secondary N) is 1. The van der Waals surface area contributed by atoms with Crippen LogP contribution in [-0.2, 0) is 11.2 Å². The lowest BCUT2D eigenvalue weighted by Gasteiger charge is -2.30. The molecule has 2 aromatic rings. The Balaban J connectivity index is 1.46. The van der Waals surface area contributed by atoms with E-state index in [-0.39, 0.29) is 17.7 Å². The molecule has 0 spiro atoms. The number of hydrogen-bond donors (Lipinski definition) is 1. The number of likely N-dealkylation sites (tertiary alicyclic amines) is 1. The third-order valence-corrected chi connectivity index (χ3v) is 6.33. The molecule has 26 heavy (non-hydrogen) atoms. The van der Waals surface area contributed by atoms with E-state index in [1.54, 1.807) is 0 Å². The van der Waals surface area contributed by atoms with Crippen LogP contribution in [0, 0.1) is 5.92 Å². The largest absolute Gasteiger partial charge is 0.338 e. The van der Waals surface area contributed by atoms with E-state index in [2.05, 4.69) is 22.4 Å². The maximum atomic E-state index is 12.5. The van der Waals surface area contributed by atoms with Gasteiger partial charge in [-0.2, -0.15) is 0 Å². The first-order valence-electron chi connectivity index (χ1n) is 9.13. The van der Waals surface area contributed by atoms with E-state index in [0.29, 0.717) is 31.1 Å². The minimum absolute atomic E-state index is 0.00974. The summed E-state index contributed by atoms with van der Waals surface area (Å²) in [7, 11) is 0. The summed E-state index contributed by atoms with van der Waals surface area (Å²) in [5.41, 5.74) is 0. The predicted octanol–water partition coefficient (Wildman–Crippen LogP) is 3.82. The molecule has 3 rings (SSSR count). The monoisotopic (exact) mass is 392 g/mol. The number of rotatable bonds is 7. The number of amides is 2. The average molecular weight is 393 g/mol. The van der Waals surface area contributed by atoms with Crippen molar-refractivity contribution in [2.75, 3.05) is 18.4 Å². The van der Waals surface area contributed by atoms with E-state index in [1.807, 2.05) is 22.4 Å². The first-order chi connectivity index (χ1) is 12.7. The Morgan fingerprint density at radius 2 is 2.08 bits per heavy atom. The summed E-state index contributed by atoms with van der Waals surface area (Å²) in [5.74, 6) is -0.0148. The highest BCUT2D eigenvalue weighted by Gasteiger charge is 2.28. The number of carbonyl (C=O) groups is 2. The van der Waals surface area contributed by atoms with Gasteiger partial charge >= 0.3 is 0 Å². The van der Waals surface area contributed by atoms with Crippen LogP contribution >= 0.6 is 22.7 Å². The Morgan fingerprint density at radius 3 is 2.77 bits per heavy atom. The van der Waals surface area contributed by atoms with Gasteiger partial charge < -0.3 is 10.2 Å². The van der Waals surface area contributed by atoms with E-state index in [1.165, 1.54) is 35.5 Å². The summed E-state index contributed by atoms with van der Waals surface area (Å²) < 4.78 is 0. The van der Waals surface area contributed by atoms with Crippen LogP contribution < -0.4 is 5.32 Å². The van der Waals surface area contributed by atoms with Crippen molar-refractivity contribution in [1.82, 2.24) is 15.1 Å². The highest BCUT2D eigenvalue weighted by molar-refractivity contribution is 7.15. The molecule has 1 aliphatic heterocycles. The van der Waals surface area contributed by atoms with Gasteiger partial charge in [-0.25, -0.2) is 0 Å². The fourth-order valence-corrected chi connectivity index (χ4v) is 4.51. The van der Waals surface area contributed by atoms with Crippen molar-refractivity contribution in [3.05, 3.63) is 27.4 Å². The van der Waals surface area contributed by atoms with Gasteiger partial charge in [-0.15, -0.1) is 21.5 Å². The molecule has 6 nitrogen and oxygen atoms in total. The Morgan fingerprint density at radius 1 is 1.27 bits per heavy atom. The molecule has 0 atom stereocenters. The summed E-state index contributed by atoms with van der Waals surface area (Å²) in [4.78, 5) is 27.4. The zero-order valence-electron chi connectivity index (χ0n) is 14.9. The van der Waals surface area contributed by atoms with E-state index in [9.17, 15) is 9.59 Å². The molecule has 3 heterocycles. The van der Waals surface area contributed by atoms with E-state index >= 15 is 0 Å². The van der Waals surface area contributed by atoms with Gasteiger partial charge in [-0.3, -0.25) is 9.59 Å². The normalized spacial score (nSPS) is 15.2. The Labute approximate surface area is 161 Å². The molecule has 1 saturated heterocycles. The maximum Gasteiger partial charge on any atom is 0.263 e. The molecule has 1 fully saturated rings. The van der Waals surface area contributed by atoms with Crippen molar-refractivity contribution >= 4 is 39.6 Å². The first-order valence-corrected chi connectivity index (χ1v) is 10.8. The molecule has 2 aromatic heterocycles. The lowest BCUT2D eigenvalue weighted by Crippen LogP contribution is -2.41. The number of piperidine rings is 1. The fourth-order valence-electron chi connectivity index (χ4n) is 3.04. The molecular formula is C18H24N4O2S2. The second-order valence-electron chi connectivity index (χ2n) is 6.49. The van der Waals surface area contributed by atoms with Crippen molar-refractivity contribution in [2.45, 2.75) is 45.4 Å². The first kappa shape index (κ1) is 19.0. The van der Waals surface area contributed by atoms with E-state index in [4.69, 9.17) is 0 Å². The van der Waals surface area contributed by atoms with Crippen LogP contribution in [0.15, 0.2) is 17.5 Å². The van der Waals surface area contributed by atoms with Crippen LogP contribution in [0.4, 0.5) is 5.13 Å². The number of anilines is 1. The number of nitrogens with zero attached hydrogens (tertiary/aromatic N) is 3. The molecule has 2 amide bonds. The van der Waals surface area contributed by atoms with Crippen LogP contribution in [0.2, 0.25) is 0 Å². The van der Waals surface area contributed by atoms with Crippen LogP contribution in [0.25, 0.3) is 0 Å². The number of hydrogen-bond acceptors (Lipinski definition) is 6. The number of aryl methyl sites for hydroxylation is 1. The Kier molecular flexibility index (Phi) is 6.73. The highest BCUT2D eigenvalue weighted by Crippen LogP contribution is 2.23. The van der Waals surface area contributed by atoms with Gasteiger partial charge in [0, 0.05) is 25.4 Å². The summed E-state index contributed by atoms with van der Waals surface area (Å²) >= 11 is 2.92. The number of carbonyl (C=O) groups excluding carboxylic acids is 2. The van der Waals surface area contributed by atoms with E-state index < -0.39 is 0 Å². The van der Waals surface area contributed by atoms with Crippen molar-refractivity contribution < 1.29 is 9.59 Å². The standard InChI is InChI=1S/C18H24N4O2S2/c1-2-3-4-7-15-20-21-18(26-15)19-16(23)13-8-10-22(11-9-13)17(24)14-6-5-12-25-14/h5-6,12-13H,2-4,7-11H2,1H3,(H,19,21,23). The summed E-state index contributed by atoms with van der Waals surface area (Å²) in [6.45, 7) is 3.41. The van der Waals surface area contributed by atoms with Gasteiger partial charge in [0.1, 0.15) is 5.01 Å². The molecular weight excluding hydrogens is 368 g/mol. The highest BCUT2D eigenvalue weighted by atomic mass is 32.1. The molecule has 1 aliphatic rings. The van der Waals surface area contributed by atoms with Gasteiger partial charge in [0.25, 0.3) is 5.91 Å². The molecule has 0 radical (unpaired) electrons. The molecule has 0 aliphatic carbocycles. The molecule has 0 bridgehead atoms. The maximum absolute atomic E-state index is 12.5. The van der Waals surface area contributed by atoms with Gasteiger partial charge in [-0.1, -0.05) is 37.2 Å². The van der Waals surface area contributed by atoms with Crippen molar-refractivity contribution in [3.8, 4) is 0 Å². The minimum atomic E-state index is -0.0742. The fraction of sp³-hybridized carbons (Fsp3) is 0.556. The van der Waals surface area contributed by atoms with Crippen LogP contribution in [0.1, 0.15) is 53.7 Å². The molecule has 140 valence electrons. The third-order valence-electron chi connectivity index (χ3n) is 4.58. The van der Waals surface area contributed by atoms with Gasteiger partial charge in [0.2, 0.25) is 11.0 Å². The number of unbranched alkanes of at least 4 members (excludes halogenated alkanes) is 2. The van der Waals surface area contributed by atoms with E-state index in [0.717, 1.165) is 22.7 Å². The lowest BCUT2D eigenvalue weighted by atomic mass is 9.96. The number of aromatic nitrogens is 2. The SMILES string of the molecule is CCCCCc1nnc(NC(=O)C2CCN(C(=O)c3cccs3)CC2)s1. The minimum Gasteiger partial charge on any atom is -0.338 e. The van der Waals surface area contributed by atoms with Crippen LogP contribution in [-0.4, -0.2) is 40.0 Å². The Hall–Kier alpha value is -1.80. The quantitative estimate of drug-likeness (QED) is 0.727. The second kappa shape index (κ2) is 9.23. The third kappa shape index (κ3) is 4.88. The van der Waals surface area contributed by atoms with Crippen LogP contribution in [0.5, 0.6) is 0 Å². The number of thiophene rings is 1. The molecule has 0 unspecified atom stereocenters. The van der Waals surface area contributed by atoms with Gasteiger partial charge in [0.05, 0.1) is 4.88 Å². The van der Waals surface area contributed by atoms with Crippen molar-refractivity contribution in [2.24, 2.45) is 5.92 Å². The van der Waals surface area contributed by atoms with Gasteiger partial charge in [0.15, 0.2) is 0 Å². The Bertz CT molecular complexity index is 721. The molecule has 8 heteroatoms. The lowest BCUT2D eigenvalue weighted by molar-refractivity contribution is -0.121. The predicted molar refractivity (Wildman–Crippen MR) is 105 cm³/mol. The molecule has 1 N–H and O–H groups in total. The summed E-state index contributed by atoms with van der Waals surface area (Å²) in [6, 6.07) is 3.73. The zero-order valence-corrected chi connectivity index (χ0v) is 16.6.